The lowest BCUT2D eigenvalue weighted by Gasteiger charge is -2.06. The molecule has 1 aromatic carbocycles. The fraction of sp³-hybridized carbons (Fsp3) is 0.125. The normalized spacial score (nSPS) is 12.0. The SMILES string of the molecule is Cc1cccc(/C=C(\C#N)c2ccc(C(F)(F)F)cn2)c1. The summed E-state index contributed by atoms with van der Waals surface area (Å²) in [5, 5.41) is 9.16. The van der Waals surface area contributed by atoms with Crippen LogP contribution in [0, 0.1) is 18.3 Å². The molecule has 0 unspecified atom stereocenters. The van der Waals surface area contributed by atoms with Gasteiger partial charge in [-0.05, 0) is 30.7 Å². The number of aryl methyl sites for hydroxylation is 1. The number of hydrogen-bond donors (Lipinski definition) is 0. The van der Waals surface area contributed by atoms with E-state index in [1.54, 1.807) is 6.08 Å². The van der Waals surface area contributed by atoms with E-state index in [0.29, 0.717) is 0 Å². The van der Waals surface area contributed by atoms with Crippen LogP contribution in [0.1, 0.15) is 22.4 Å². The van der Waals surface area contributed by atoms with Crippen molar-refractivity contribution in [2.24, 2.45) is 0 Å². The maximum atomic E-state index is 12.5. The molecule has 0 aliphatic rings. The average molecular weight is 288 g/mol. The maximum absolute atomic E-state index is 12.5. The molecule has 2 nitrogen and oxygen atoms in total. The highest BCUT2D eigenvalue weighted by atomic mass is 19.4. The number of hydrogen-bond acceptors (Lipinski definition) is 2. The van der Waals surface area contributed by atoms with Gasteiger partial charge in [0.25, 0.3) is 0 Å². The average Bonchev–Trinajstić information content (AvgIpc) is 2.44. The molecule has 5 heteroatoms. The van der Waals surface area contributed by atoms with E-state index < -0.39 is 11.7 Å². The molecule has 21 heavy (non-hydrogen) atoms. The minimum absolute atomic E-state index is 0.215. The van der Waals surface area contributed by atoms with E-state index in [-0.39, 0.29) is 11.3 Å². The molecular formula is C16H11F3N2. The zero-order chi connectivity index (χ0) is 15.5. The van der Waals surface area contributed by atoms with Crippen LogP contribution in [0.3, 0.4) is 0 Å². The molecule has 0 radical (unpaired) electrons. The van der Waals surface area contributed by atoms with E-state index >= 15 is 0 Å². The zero-order valence-corrected chi connectivity index (χ0v) is 11.1. The van der Waals surface area contributed by atoms with Gasteiger partial charge in [-0.3, -0.25) is 4.98 Å². The van der Waals surface area contributed by atoms with Crippen LogP contribution in [-0.4, -0.2) is 4.98 Å². The van der Waals surface area contributed by atoms with Gasteiger partial charge < -0.3 is 0 Å². The number of nitrogens with zero attached hydrogens (tertiary/aromatic N) is 2. The number of benzene rings is 1. The van der Waals surface area contributed by atoms with E-state index in [9.17, 15) is 13.2 Å². The summed E-state index contributed by atoms with van der Waals surface area (Å²) < 4.78 is 37.4. The molecule has 0 amide bonds. The Bertz CT molecular complexity index is 708. The third-order valence-corrected chi connectivity index (χ3v) is 2.84. The molecular weight excluding hydrogens is 277 g/mol. The van der Waals surface area contributed by atoms with Gasteiger partial charge in [-0.15, -0.1) is 0 Å². The van der Waals surface area contributed by atoms with Gasteiger partial charge >= 0.3 is 6.18 Å². The van der Waals surface area contributed by atoms with Crippen molar-refractivity contribution in [1.82, 2.24) is 4.98 Å². The molecule has 1 heterocycles. The fourth-order valence-corrected chi connectivity index (χ4v) is 1.81. The summed E-state index contributed by atoms with van der Waals surface area (Å²) in [5.41, 5.74) is 1.43. The van der Waals surface area contributed by atoms with Gasteiger partial charge in [-0.1, -0.05) is 29.8 Å². The number of halogens is 3. The fourth-order valence-electron chi connectivity index (χ4n) is 1.81. The second-order valence-corrected chi connectivity index (χ2v) is 4.51. The van der Waals surface area contributed by atoms with Crippen molar-refractivity contribution in [3.8, 4) is 6.07 Å². The van der Waals surface area contributed by atoms with Gasteiger partial charge in [-0.2, -0.15) is 18.4 Å². The molecule has 0 atom stereocenters. The van der Waals surface area contributed by atoms with Gasteiger partial charge in [0.05, 0.1) is 16.8 Å². The van der Waals surface area contributed by atoms with Crippen molar-refractivity contribution >= 4 is 11.6 Å². The highest BCUT2D eigenvalue weighted by Gasteiger charge is 2.30. The summed E-state index contributed by atoms with van der Waals surface area (Å²) in [7, 11) is 0. The predicted octanol–water partition coefficient (Wildman–Crippen LogP) is 4.47. The van der Waals surface area contributed by atoms with Crippen LogP contribution in [0.25, 0.3) is 11.6 Å². The van der Waals surface area contributed by atoms with Crippen LogP contribution >= 0.6 is 0 Å². The highest BCUT2D eigenvalue weighted by Crippen LogP contribution is 2.29. The van der Waals surface area contributed by atoms with Crippen molar-refractivity contribution in [1.29, 1.82) is 5.26 Å². The van der Waals surface area contributed by atoms with Crippen molar-refractivity contribution < 1.29 is 13.2 Å². The van der Waals surface area contributed by atoms with Crippen LogP contribution in [-0.2, 0) is 6.18 Å². The van der Waals surface area contributed by atoms with E-state index in [1.807, 2.05) is 37.3 Å². The molecule has 0 fully saturated rings. The third kappa shape index (κ3) is 3.69. The molecule has 0 bridgehead atoms. The summed E-state index contributed by atoms with van der Waals surface area (Å²) in [4.78, 5) is 3.72. The number of nitriles is 1. The van der Waals surface area contributed by atoms with Crippen LogP contribution in [0.2, 0.25) is 0 Å². The molecule has 2 aromatic rings. The summed E-state index contributed by atoms with van der Waals surface area (Å²) in [6.45, 7) is 1.92. The Morgan fingerprint density at radius 1 is 1.24 bits per heavy atom. The van der Waals surface area contributed by atoms with Gasteiger partial charge in [0.15, 0.2) is 0 Å². The van der Waals surface area contributed by atoms with Gasteiger partial charge in [-0.25, -0.2) is 0 Å². The Kier molecular flexibility index (Phi) is 4.08. The molecule has 1 aromatic heterocycles. The predicted molar refractivity (Wildman–Crippen MR) is 73.9 cm³/mol. The number of allylic oxidation sites excluding steroid dienone is 1. The Labute approximate surface area is 120 Å². The highest BCUT2D eigenvalue weighted by molar-refractivity contribution is 5.88. The lowest BCUT2D eigenvalue weighted by Crippen LogP contribution is -2.05. The molecule has 0 saturated heterocycles. The largest absolute Gasteiger partial charge is 0.417 e. The molecule has 106 valence electrons. The van der Waals surface area contributed by atoms with E-state index in [0.717, 1.165) is 23.4 Å². The number of rotatable bonds is 2. The smallest absolute Gasteiger partial charge is 0.255 e. The number of alkyl halides is 3. The minimum Gasteiger partial charge on any atom is -0.255 e. The van der Waals surface area contributed by atoms with Gasteiger partial charge in [0.2, 0.25) is 0 Å². The molecule has 0 aliphatic heterocycles. The first-order chi connectivity index (χ1) is 9.90. The number of pyridine rings is 1. The topological polar surface area (TPSA) is 36.7 Å². The monoisotopic (exact) mass is 288 g/mol. The first-order valence-corrected chi connectivity index (χ1v) is 6.12. The van der Waals surface area contributed by atoms with Crippen LogP contribution < -0.4 is 0 Å². The Morgan fingerprint density at radius 3 is 2.52 bits per heavy atom. The van der Waals surface area contributed by atoms with Crippen molar-refractivity contribution in [3.63, 3.8) is 0 Å². The summed E-state index contributed by atoms with van der Waals surface area (Å²) in [5.74, 6) is 0. The second-order valence-electron chi connectivity index (χ2n) is 4.51. The maximum Gasteiger partial charge on any atom is 0.417 e. The Morgan fingerprint density at radius 2 is 2.00 bits per heavy atom. The molecule has 0 N–H and O–H groups in total. The van der Waals surface area contributed by atoms with Crippen LogP contribution in [0.4, 0.5) is 13.2 Å². The zero-order valence-electron chi connectivity index (χ0n) is 11.1. The van der Waals surface area contributed by atoms with Crippen molar-refractivity contribution in [3.05, 3.63) is 65.0 Å². The Balaban J connectivity index is 2.36. The summed E-state index contributed by atoms with van der Waals surface area (Å²) >= 11 is 0. The second kappa shape index (κ2) is 5.80. The minimum atomic E-state index is -4.43. The third-order valence-electron chi connectivity index (χ3n) is 2.84. The van der Waals surface area contributed by atoms with Crippen molar-refractivity contribution in [2.45, 2.75) is 13.1 Å². The molecule has 0 spiro atoms. The van der Waals surface area contributed by atoms with Gasteiger partial charge in [0.1, 0.15) is 6.07 Å². The number of aromatic nitrogens is 1. The lowest BCUT2D eigenvalue weighted by atomic mass is 10.1. The summed E-state index contributed by atoms with van der Waals surface area (Å²) in [6, 6.07) is 11.5. The first-order valence-electron chi connectivity index (χ1n) is 6.12. The molecule has 0 aliphatic carbocycles. The quantitative estimate of drug-likeness (QED) is 0.764. The van der Waals surface area contributed by atoms with E-state index in [2.05, 4.69) is 4.98 Å². The molecule has 0 saturated carbocycles. The standard InChI is InChI=1S/C16H11F3N2/c1-11-3-2-4-12(7-11)8-13(9-20)15-6-5-14(10-21-15)16(17,18)19/h2-8,10H,1H3/b13-8+. The Hall–Kier alpha value is -2.61. The van der Waals surface area contributed by atoms with E-state index in [4.69, 9.17) is 5.26 Å². The summed E-state index contributed by atoms with van der Waals surface area (Å²) in [6.07, 6.45) is -2.10. The molecule has 2 rings (SSSR count). The van der Waals surface area contributed by atoms with Gasteiger partial charge in [0, 0.05) is 6.20 Å². The first kappa shape index (κ1) is 14.8. The van der Waals surface area contributed by atoms with E-state index in [1.165, 1.54) is 6.07 Å². The van der Waals surface area contributed by atoms with Crippen molar-refractivity contribution in [2.75, 3.05) is 0 Å². The lowest BCUT2D eigenvalue weighted by molar-refractivity contribution is -0.137. The van der Waals surface area contributed by atoms with Crippen LogP contribution in [0.15, 0.2) is 42.6 Å². The van der Waals surface area contributed by atoms with Crippen LogP contribution in [0.5, 0.6) is 0 Å².